The van der Waals surface area contributed by atoms with Crippen molar-refractivity contribution in [2.75, 3.05) is 5.73 Å². The van der Waals surface area contributed by atoms with Crippen LogP contribution in [-0.2, 0) is 12.4 Å². The average molecular weight is 273 g/mol. The van der Waals surface area contributed by atoms with Gasteiger partial charge in [0.1, 0.15) is 0 Å². The maximum Gasteiger partial charge on any atom is 0.417 e. The maximum atomic E-state index is 12.6. The van der Waals surface area contributed by atoms with Gasteiger partial charge in [0.25, 0.3) is 0 Å². The number of nitrogens with two attached hydrogens (primary N) is 1. The summed E-state index contributed by atoms with van der Waals surface area (Å²) in [5.41, 5.74) is -1.87. The highest BCUT2D eigenvalue weighted by atomic mass is 19.4. The first-order valence-corrected chi connectivity index (χ1v) is 4.26. The number of alkyl halides is 6. The molecule has 0 saturated carbocycles. The van der Waals surface area contributed by atoms with E-state index in [2.05, 4.69) is 0 Å². The van der Waals surface area contributed by atoms with Crippen molar-refractivity contribution in [1.82, 2.24) is 0 Å². The van der Waals surface area contributed by atoms with Crippen molar-refractivity contribution in [1.29, 1.82) is 0 Å². The number of carbonyl (C=O) groups is 1. The quantitative estimate of drug-likeness (QED) is 0.610. The molecule has 1 aromatic rings. The van der Waals surface area contributed by atoms with Gasteiger partial charge in [0.2, 0.25) is 0 Å². The smallest absolute Gasteiger partial charge is 0.417 e. The molecule has 9 heteroatoms. The van der Waals surface area contributed by atoms with Crippen LogP contribution in [0.15, 0.2) is 12.1 Å². The number of carboxylic acids is 1. The summed E-state index contributed by atoms with van der Waals surface area (Å²) in [6, 6.07) is 0.576. The molecular formula is C9H5F6NO2. The summed E-state index contributed by atoms with van der Waals surface area (Å²) in [7, 11) is 0. The van der Waals surface area contributed by atoms with Gasteiger partial charge in [0.05, 0.1) is 16.7 Å². The van der Waals surface area contributed by atoms with Crippen LogP contribution in [0.25, 0.3) is 0 Å². The third-order valence-electron chi connectivity index (χ3n) is 2.04. The summed E-state index contributed by atoms with van der Waals surface area (Å²) >= 11 is 0. The monoisotopic (exact) mass is 273 g/mol. The molecule has 0 unspecified atom stereocenters. The lowest BCUT2D eigenvalue weighted by Crippen LogP contribution is -2.22. The first kappa shape index (κ1) is 14.1. The van der Waals surface area contributed by atoms with E-state index in [1.807, 2.05) is 0 Å². The van der Waals surface area contributed by atoms with Crippen LogP contribution in [0.3, 0.4) is 0 Å². The number of halogens is 6. The predicted octanol–water partition coefficient (Wildman–Crippen LogP) is 3.00. The van der Waals surface area contributed by atoms with E-state index in [0.717, 1.165) is 0 Å². The molecule has 0 atom stereocenters. The second kappa shape index (κ2) is 4.07. The van der Waals surface area contributed by atoms with Crippen LogP contribution in [-0.4, -0.2) is 11.1 Å². The molecule has 0 amide bonds. The summed E-state index contributed by atoms with van der Waals surface area (Å²) in [6.07, 6.45) is -10.8. The molecule has 0 fully saturated rings. The van der Waals surface area contributed by atoms with Gasteiger partial charge in [-0.2, -0.15) is 26.3 Å². The lowest BCUT2D eigenvalue weighted by atomic mass is 9.98. The summed E-state index contributed by atoms with van der Waals surface area (Å²) in [6.45, 7) is 0. The predicted molar refractivity (Wildman–Crippen MR) is 47.8 cm³/mol. The van der Waals surface area contributed by atoms with Crippen LogP contribution in [0.4, 0.5) is 32.0 Å². The zero-order chi connectivity index (χ0) is 14.3. The third-order valence-corrected chi connectivity index (χ3v) is 2.04. The molecule has 18 heavy (non-hydrogen) atoms. The molecule has 0 radical (unpaired) electrons. The number of benzene rings is 1. The van der Waals surface area contributed by atoms with Gasteiger partial charge in [0.15, 0.2) is 0 Å². The first-order valence-electron chi connectivity index (χ1n) is 4.26. The Kier molecular flexibility index (Phi) is 3.20. The highest BCUT2D eigenvalue weighted by molar-refractivity contribution is 5.96. The van der Waals surface area contributed by atoms with Gasteiger partial charge in [-0.3, -0.25) is 0 Å². The number of hydrogen-bond acceptors (Lipinski definition) is 2. The van der Waals surface area contributed by atoms with E-state index < -0.39 is 40.7 Å². The SMILES string of the molecule is Nc1ccc(C(F)(F)F)c(C(F)(F)F)c1C(=O)O. The van der Waals surface area contributed by atoms with Crippen LogP contribution in [0.1, 0.15) is 21.5 Å². The summed E-state index contributed by atoms with van der Waals surface area (Å²) in [5, 5.41) is 8.55. The Morgan fingerprint density at radius 1 is 1.06 bits per heavy atom. The molecule has 0 aromatic heterocycles. The molecule has 0 aliphatic rings. The molecular weight excluding hydrogens is 268 g/mol. The largest absolute Gasteiger partial charge is 0.478 e. The van der Waals surface area contributed by atoms with Gasteiger partial charge >= 0.3 is 18.3 Å². The first-order chi connectivity index (χ1) is 7.96. The van der Waals surface area contributed by atoms with Crippen LogP contribution in [0, 0.1) is 0 Å². The van der Waals surface area contributed by atoms with Gasteiger partial charge in [-0.05, 0) is 12.1 Å². The molecule has 100 valence electrons. The fourth-order valence-corrected chi connectivity index (χ4v) is 1.38. The summed E-state index contributed by atoms with van der Waals surface area (Å²) in [4.78, 5) is 10.6. The minimum atomic E-state index is -5.48. The van der Waals surface area contributed by atoms with E-state index in [9.17, 15) is 31.1 Å². The van der Waals surface area contributed by atoms with Crippen LogP contribution in [0.2, 0.25) is 0 Å². The summed E-state index contributed by atoms with van der Waals surface area (Å²) in [5.74, 6) is -2.18. The molecule has 3 N–H and O–H groups in total. The number of aromatic carboxylic acids is 1. The number of rotatable bonds is 1. The zero-order valence-electron chi connectivity index (χ0n) is 8.36. The Hall–Kier alpha value is -1.93. The zero-order valence-corrected chi connectivity index (χ0v) is 8.36. The fourth-order valence-electron chi connectivity index (χ4n) is 1.38. The van der Waals surface area contributed by atoms with Crippen LogP contribution >= 0.6 is 0 Å². The van der Waals surface area contributed by atoms with Crippen molar-refractivity contribution in [3.05, 3.63) is 28.8 Å². The Morgan fingerprint density at radius 3 is 1.89 bits per heavy atom. The summed E-state index contributed by atoms with van der Waals surface area (Å²) < 4.78 is 74.9. The highest BCUT2D eigenvalue weighted by Gasteiger charge is 2.46. The molecule has 0 aliphatic carbocycles. The Bertz CT molecular complexity index is 491. The van der Waals surface area contributed by atoms with Gasteiger partial charge in [-0.1, -0.05) is 0 Å². The second-order valence-corrected chi connectivity index (χ2v) is 3.25. The average Bonchev–Trinajstić information content (AvgIpc) is 2.12. The third kappa shape index (κ3) is 2.49. The van der Waals surface area contributed by atoms with E-state index in [1.54, 1.807) is 0 Å². The molecule has 0 saturated heterocycles. The van der Waals surface area contributed by atoms with Crippen molar-refractivity contribution >= 4 is 11.7 Å². The van der Waals surface area contributed by atoms with E-state index >= 15 is 0 Å². The lowest BCUT2D eigenvalue weighted by molar-refractivity contribution is -0.162. The topological polar surface area (TPSA) is 63.3 Å². The molecule has 0 spiro atoms. The Balaban J connectivity index is 3.78. The minimum Gasteiger partial charge on any atom is -0.478 e. The molecule has 0 heterocycles. The molecule has 3 nitrogen and oxygen atoms in total. The number of carboxylic acid groups (broad SMARTS) is 1. The fraction of sp³-hybridized carbons (Fsp3) is 0.222. The molecule has 0 bridgehead atoms. The highest BCUT2D eigenvalue weighted by Crippen LogP contribution is 2.43. The van der Waals surface area contributed by atoms with Crippen molar-refractivity contribution in [2.45, 2.75) is 12.4 Å². The van der Waals surface area contributed by atoms with E-state index in [-0.39, 0.29) is 6.07 Å². The van der Waals surface area contributed by atoms with Crippen molar-refractivity contribution in [2.24, 2.45) is 0 Å². The molecule has 1 aromatic carbocycles. The van der Waals surface area contributed by atoms with Crippen molar-refractivity contribution < 1.29 is 36.2 Å². The standard InChI is InChI=1S/C9H5F6NO2/c10-8(11,12)3-1-2-4(16)5(7(17)18)6(3)9(13,14)15/h1-2H,16H2,(H,17,18). The van der Waals surface area contributed by atoms with Crippen LogP contribution in [0.5, 0.6) is 0 Å². The van der Waals surface area contributed by atoms with Gasteiger partial charge in [-0.15, -0.1) is 0 Å². The van der Waals surface area contributed by atoms with Gasteiger partial charge < -0.3 is 10.8 Å². The lowest BCUT2D eigenvalue weighted by Gasteiger charge is -2.18. The Morgan fingerprint density at radius 2 is 1.56 bits per heavy atom. The van der Waals surface area contributed by atoms with E-state index in [0.29, 0.717) is 6.07 Å². The van der Waals surface area contributed by atoms with Crippen molar-refractivity contribution in [3.63, 3.8) is 0 Å². The van der Waals surface area contributed by atoms with Crippen molar-refractivity contribution in [3.8, 4) is 0 Å². The minimum absolute atomic E-state index is 0.102. The van der Waals surface area contributed by atoms with E-state index in [1.165, 1.54) is 0 Å². The number of anilines is 1. The van der Waals surface area contributed by atoms with E-state index in [4.69, 9.17) is 10.8 Å². The number of hydrogen-bond donors (Lipinski definition) is 2. The molecule has 0 aliphatic heterocycles. The van der Waals surface area contributed by atoms with Gasteiger partial charge in [0, 0.05) is 5.69 Å². The normalized spacial score (nSPS) is 12.6. The maximum absolute atomic E-state index is 12.6. The number of nitrogen functional groups attached to an aromatic ring is 1. The second-order valence-electron chi connectivity index (χ2n) is 3.25. The molecule has 1 rings (SSSR count). The van der Waals surface area contributed by atoms with Crippen LogP contribution < -0.4 is 5.73 Å². The van der Waals surface area contributed by atoms with Gasteiger partial charge in [-0.25, -0.2) is 4.79 Å². The Labute approximate surface area is 95.8 Å².